The molecule has 0 aromatic heterocycles. The Morgan fingerprint density at radius 1 is 1.07 bits per heavy atom. The van der Waals surface area contributed by atoms with Gasteiger partial charge in [-0.1, -0.05) is 23.7 Å². The molecule has 0 radical (unpaired) electrons. The first-order valence-electron chi connectivity index (χ1n) is 3.97. The van der Waals surface area contributed by atoms with E-state index < -0.39 is 11.1 Å². The third kappa shape index (κ3) is 3.03. The molecule has 0 aliphatic rings. The van der Waals surface area contributed by atoms with Crippen LogP contribution in [0, 0.1) is 0 Å². The fourth-order valence-corrected chi connectivity index (χ4v) is 1.90. The molecule has 0 saturated heterocycles. The van der Waals surface area contributed by atoms with Crippen LogP contribution in [0.3, 0.4) is 0 Å². The summed E-state index contributed by atoms with van der Waals surface area (Å²) in [7, 11) is 0. The van der Waals surface area contributed by atoms with Crippen molar-refractivity contribution < 1.29 is 38.3 Å². The molecule has 0 saturated carbocycles. The molecule has 15 heavy (non-hydrogen) atoms. The Hall–Kier alpha value is 0.100. The zero-order valence-corrected chi connectivity index (χ0v) is 11.7. The molecule has 1 N–H and O–H groups in total. The van der Waals surface area contributed by atoms with Crippen molar-refractivity contribution in [3.63, 3.8) is 0 Å². The predicted molar refractivity (Wildman–Crippen MR) is 58.0 cm³/mol. The van der Waals surface area contributed by atoms with Crippen LogP contribution < -0.4 is 29.6 Å². The Bertz CT molecular complexity index is 516. The molecule has 0 fully saturated rings. The van der Waals surface area contributed by atoms with Crippen molar-refractivity contribution >= 4 is 33.5 Å². The van der Waals surface area contributed by atoms with Crippen LogP contribution in [0.25, 0.3) is 10.8 Å². The van der Waals surface area contributed by atoms with Crippen molar-refractivity contribution in [3.8, 4) is 0 Å². The minimum absolute atomic E-state index is 0. The maximum absolute atomic E-state index is 10.8. The fourth-order valence-electron chi connectivity index (χ4n) is 1.30. The summed E-state index contributed by atoms with van der Waals surface area (Å²) in [5.74, 6) is 0. The molecule has 0 heterocycles. The smallest absolute Gasteiger partial charge is 0.302 e. The summed E-state index contributed by atoms with van der Waals surface area (Å²) in [6.07, 6.45) is 0. The van der Waals surface area contributed by atoms with Crippen molar-refractivity contribution in [2.75, 3.05) is 0 Å². The van der Waals surface area contributed by atoms with Gasteiger partial charge in [0.2, 0.25) is 0 Å². The molecule has 5 heteroatoms. The average Bonchev–Trinajstić information content (AvgIpc) is 2.16. The van der Waals surface area contributed by atoms with Gasteiger partial charge in [-0.2, -0.15) is 0 Å². The Balaban J connectivity index is 0.00000112. The second-order valence-electron chi connectivity index (χ2n) is 2.90. The first kappa shape index (κ1) is 13.2. The molecule has 0 bridgehead atoms. The third-order valence-electron chi connectivity index (χ3n) is 1.98. The predicted octanol–water partition coefficient (Wildman–Crippen LogP) is 0.0778. The number of rotatable bonds is 1. The Morgan fingerprint density at radius 2 is 1.67 bits per heavy atom. The summed E-state index contributed by atoms with van der Waals surface area (Å²) in [4.78, 5) is 0.403. The van der Waals surface area contributed by atoms with E-state index in [0.717, 1.165) is 10.8 Å². The number of fused-ring (bicyclic) bond motifs is 1. The molecule has 2 aromatic rings. The molecule has 72 valence electrons. The van der Waals surface area contributed by atoms with Gasteiger partial charge in [0, 0.05) is 5.02 Å². The van der Waals surface area contributed by atoms with Crippen molar-refractivity contribution in [1.29, 1.82) is 0 Å². The standard InChI is InChI=1S/C10H7ClO2S.Na/c11-9-3-1-8-6-10(14(12)13)4-2-7(8)5-9;/h1-6H,(H,12,13);/q;+1. The van der Waals surface area contributed by atoms with Crippen LogP contribution in [0.1, 0.15) is 0 Å². The first-order chi connectivity index (χ1) is 6.66. The van der Waals surface area contributed by atoms with E-state index in [4.69, 9.17) is 16.2 Å². The van der Waals surface area contributed by atoms with Crippen LogP contribution in [0.2, 0.25) is 5.02 Å². The van der Waals surface area contributed by atoms with Crippen molar-refractivity contribution in [2.45, 2.75) is 4.90 Å². The molecule has 1 unspecified atom stereocenters. The molecule has 0 aliphatic carbocycles. The first-order valence-corrected chi connectivity index (χ1v) is 5.45. The van der Waals surface area contributed by atoms with E-state index in [9.17, 15) is 4.21 Å². The number of hydrogen-bond donors (Lipinski definition) is 1. The molecule has 1 atom stereocenters. The summed E-state index contributed by atoms with van der Waals surface area (Å²) in [5.41, 5.74) is 0. The molecule has 0 amide bonds. The zero-order valence-electron chi connectivity index (χ0n) is 8.11. The monoisotopic (exact) mass is 249 g/mol. The van der Waals surface area contributed by atoms with Crippen molar-refractivity contribution in [1.82, 2.24) is 0 Å². The minimum Gasteiger partial charge on any atom is -0.302 e. The second-order valence-corrected chi connectivity index (χ2v) is 4.31. The summed E-state index contributed by atoms with van der Waals surface area (Å²) in [6, 6.07) is 10.5. The number of halogens is 1. The van der Waals surface area contributed by atoms with E-state index in [0.29, 0.717) is 9.92 Å². The van der Waals surface area contributed by atoms with Crippen LogP contribution in [0.4, 0.5) is 0 Å². The van der Waals surface area contributed by atoms with Gasteiger partial charge in [0.25, 0.3) is 0 Å². The topological polar surface area (TPSA) is 37.3 Å². The normalized spacial score (nSPS) is 12.1. The average molecular weight is 250 g/mol. The SMILES string of the molecule is O=S(O)c1ccc2cc(Cl)ccc2c1.[Na+]. The van der Waals surface area contributed by atoms with Gasteiger partial charge < -0.3 is 4.55 Å². The van der Waals surface area contributed by atoms with Crippen LogP contribution in [0.15, 0.2) is 41.3 Å². The van der Waals surface area contributed by atoms with E-state index in [2.05, 4.69) is 0 Å². The van der Waals surface area contributed by atoms with Gasteiger partial charge >= 0.3 is 29.6 Å². The van der Waals surface area contributed by atoms with Gasteiger partial charge in [-0.15, -0.1) is 0 Å². The van der Waals surface area contributed by atoms with Crippen LogP contribution in [-0.4, -0.2) is 8.76 Å². The van der Waals surface area contributed by atoms with Gasteiger partial charge in [0.05, 0.1) is 4.90 Å². The third-order valence-corrected chi connectivity index (χ3v) is 2.87. The van der Waals surface area contributed by atoms with E-state index in [1.165, 1.54) is 0 Å². The van der Waals surface area contributed by atoms with Crippen LogP contribution in [-0.2, 0) is 11.1 Å². The number of benzene rings is 2. The van der Waals surface area contributed by atoms with E-state index in [1.54, 1.807) is 24.3 Å². The quantitative estimate of drug-likeness (QED) is 0.574. The van der Waals surface area contributed by atoms with Crippen LogP contribution >= 0.6 is 11.6 Å². The largest absolute Gasteiger partial charge is 1.00 e. The second kappa shape index (κ2) is 5.43. The summed E-state index contributed by atoms with van der Waals surface area (Å²) < 4.78 is 19.7. The molecule has 2 rings (SSSR count). The molecule has 2 aromatic carbocycles. The van der Waals surface area contributed by atoms with Gasteiger partial charge in [-0.25, -0.2) is 4.21 Å². The summed E-state index contributed by atoms with van der Waals surface area (Å²) in [6.45, 7) is 0. The number of hydrogen-bond acceptors (Lipinski definition) is 1. The molecule has 0 aliphatic heterocycles. The van der Waals surface area contributed by atoms with Gasteiger partial charge in [0.1, 0.15) is 0 Å². The maximum atomic E-state index is 10.8. The Morgan fingerprint density at radius 3 is 2.33 bits per heavy atom. The molecule has 2 nitrogen and oxygen atoms in total. The van der Waals surface area contributed by atoms with E-state index >= 15 is 0 Å². The maximum Gasteiger partial charge on any atom is 1.00 e. The summed E-state index contributed by atoms with van der Waals surface area (Å²) in [5, 5.41) is 2.54. The minimum atomic E-state index is -1.92. The molecule has 0 spiro atoms. The molecular formula is C10H7ClNaO2S+. The van der Waals surface area contributed by atoms with Crippen molar-refractivity contribution in [3.05, 3.63) is 41.4 Å². The van der Waals surface area contributed by atoms with E-state index in [-0.39, 0.29) is 29.6 Å². The fraction of sp³-hybridized carbons (Fsp3) is 0. The van der Waals surface area contributed by atoms with Crippen molar-refractivity contribution in [2.24, 2.45) is 0 Å². The van der Waals surface area contributed by atoms with Gasteiger partial charge in [-0.3, -0.25) is 0 Å². The van der Waals surface area contributed by atoms with Gasteiger partial charge in [-0.05, 0) is 35.0 Å². The Kier molecular flexibility index (Phi) is 4.77. The van der Waals surface area contributed by atoms with E-state index in [1.807, 2.05) is 12.1 Å². The Labute approximate surface area is 117 Å². The molecular weight excluding hydrogens is 243 g/mol. The van der Waals surface area contributed by atoms with Gasteiger partial charge in [0.15, 0.2) is 11.1 Å². The summed E-state index contributed by atoms with van der Waals surface area (Å²) >= 11 is 3.89. The van der Waals surface area contributed by atoms with Crippen LogP contribution in [0.5, 0.6) is 0 Å². The zero-order chi connectivity index (χ0) is 10.1.